The molecule has 0 aliphatic carbocycles. The van der Waals surface area contributed by atoms with Crippen molar-refractivity contribution in [3.63, 3.8) is 0 Å². The Kier molecular flexibility index (Phi) is 7.17. The number of para-hydroxylation sites is 1. The molecule has 0 atom stereocenters. The summed E-state index contributed by atoms with van der Waals surface area (Å²) in [5.74, 6) is -0.256. The molecule has 2 aromatic carbocycles. The van der Waals surface area contributed by atoms with Crippen LogP contribution >= 0.6 is 12.2 Å². The molecular weight excluding hydrogens is 387 g/mol. The third-order valence-corrected chi connectivity index (χ3v) is 5.48. The molecule has 1 heterocycles. The number of thiocarbonyl (C=S) groups is 1. The molecule has 2 aromatic rings. The highest BCUT2D eigenvalue weighted by molar-refractivity contribution is 7.80. The molecule has 0 radical (unpaired) electrons. The molecule has 0 saturated carbocycles. The number of hydrogen-bond acceptors (Lipinski definition) is 3. The maximum atomic E-state index is 13.7. The second kappa shape index (κ2) is 9.80. The zero-order chi connectivity index (χ0) is 20.8. The number of benzene rings is 2. The van der Waals surface area contributed by atoms with Gasteiger partial charge in [0.1, 0.15) is 5.82 Å². The van der Waals surface area contributed by atoms with Crippen LogP contribution in [0.4, 0.5) is 15.8 Å². The Hall–Kier alpha value is -2.51. The Morgan fingerprint density at radius 1 is 1.10 bits per heavy atom. The lowest BCUT2D eigenvalue weighted by molar-refractivity contribution is -0.117. The number of carbonyl (C=O) groups is 1. The second-order valence-electron chi connectivity index (χ2n) is 7.22. The van der Waals surface area contributed by atoms with Gasteiger partial charge in [0.15, 0.2) is 5.11 Å². The monoisotopic (exact) mass is 414 g/mol. The number of rotatable bonds is 5. The minimum atomic E-state index is -0.252. The fourth-order valence-electron chi connectivity index (χ4n) is 3.33. The third kappa shape index (κ3) is 5.74. The van der Waals surface area contributed by atoms with E-state index in [2.05, 4.69) is 22.5 Å². The fraction of sp³-hybridized carbons (Fsp3) is 0.364. The normalized spacial score (nSPS) is 14.5. The number of piperazine rings is 1. The predicted octanol–water partition coefficient (Wildman–Crippen LogP) is 3.65. The summed E-state index contributed by atoms with van der Waals surface area (Å²) in [5, 5.41) is 6.70. The average Bonchev–Trinajstić information content (AvgIpc) is 2.71. The van der Waals surface area contributed by atoms with Crippen LogP contribution in [-0.2, 0) is 11.2 Å². The molecule has 154 valence electrons. The van der Waals surface area contributed by atoms with Gasteiger partial charge >= 0.3 is 0 Å². The van der Waals surface area contributed by atoms with Gasteiger partial charge in [0.05, 0.1) is 6.54 Å². The van der Waals surface area contributed by atoms with Crippen LogP contribution in [0.2, 0.25) is 0 Å². The van der Waals surface area contributed by atoms with Crippen molar-refractivity contribution in [1.29, 1.82) is 0 Å². The minimum Gasteiger partial charge on any atom is -0.346 e. The van der Waals surface area contributed by atoms with E-state index in [1.807, 2.05) is 35.2 Å². The van der Waals surface area contributed by atoms with Gasteiger partial charge in [0, 0.05) is 37.6 Å². The third-order valence-electron chi connectivity index (χ3n) is 5.12. The average molecular weight is 415 g/mol. The summed E-state index contributed by atoms with van der Waals surface area (Å²) in [6.45, 7) is 7.09. The van der Waals surface area contributed by atoms with Crippen molar-refractivity contribution >= 4 is 34.6 Å². The number of hydrogen-bond donors (Lipinski definition) is 2. The Balaban J connectivity index is 1.46. The minimum absolute atomic E-state index is 0.00446. The molecule has 5 nitrogen and oxygen atoms in total. The van der Waals surface area contributed by atoms with Crippen molar-refractivity contribution in [2.75, 3.05) is 43.4 Å². The van der Waals surface area contributed by atoms with Crippen LogP contribution in [-0.4, -0.2) is 53.5 Å². The lowest BCUT2D eigenvalue weighted by Gasteiger charge is -2.35. The number of aryl methyl sites for hydroxylation is 2. The van der Waals surface area contributed by atoms with E-state index in [1.165, 1.54) is 6.07 Å². The number of anilines is 2. The summed E-state index contributed by atoms with van der Waals surface area (Å²) in [6, 6.07) is 12.9. The second-order valence-corrected chi connectivity index (χ2v) is 7.60. The van der Waals surface area contributed by atoms with Crippen LogP contribution in [0.5, 0.6) is 0 Å². The van der Waals surface area contributed by atoms with E-state index in [1.54, 1.807) is 13.0 Å². The highest BCUT2D eigenvalue weighted by atomic mass is 32.1. The molecule has 29 heavy (non-hydrogen) atoms. The van der Waals surface area contributed by atoms with E-state index >= 15 is 0 Å². The van der Waals surface area contributed by atoms with Crippen molar-refractivity contribution < 1.29 is 9.18 Å². The highest BCUT2D eigenvalue weighted by Crippen LogP contribution is 2.16. The molecule has 1 fully saturated rings. The molecular formula is C22H27FN4OS. The maximum Gasteiger partial charge on any atom is 0.238 e. The van der Waals surface area contributed by atoms with Crippen LogP contribution in [0, 0.1) is 12.7 Å². The molecule has 1 aliphatic heterocycles. The van der Waals surface area contributed by atoms with Gasteiger partial charge in [-0.05, 0) is 54.9 Å². The smallest absolute Gasteiger partial charge is 0.238 e. The zero-order valence-corrected chi connectivity index (χ0v) is 17.7. The molecule has 2 N–H and O–H groups in total. The Morgan fingerprint density at radius 2 is 1.83 bits per heavy atom. The van der Waals surface area contributed by atoms with E-state index in [9.17, 15) is 9.18 Å². The number of carbonyl (C=O) groups excluding carboxylic acids is 1. The summed E-state index contributed by atoms with van der Waals surface area (Å²) in [5.41, 5.74) is 3.27. The lowest BCUT2D eigenvalue weighted by atomic mass is 10.1. The molecule has 0 spiro atoms. The molecule has 0 bridgehead atoms. The van der Waals surface area contributed by atoms with E-state index in [0.29, 0.717) is 22.9 Å². The fourth-order valence-corrected chi connectivity index (χ4v) is 3.63. The quantitative estimate of drug-likeness (QED) is 0.732. The maximum absolute atomic E-state index is 13.7. The molecule has 0 unspecified atom stereocenters. The van der Waals surface area contributed by atoms with Gasteiger partial charge in [-0.15, -0.1) is 0 Å². The molecule has 7 heteroatoms. The van der Waals surface area contributed by atoms with Gasteiger partial charge in [0.25, 0.3) is 0 Å². The van der Waals surface area contributed by atoms with E-state index in [-0.39, 0.29) is 11.7 Å². The molecule has 1 saturated heterocycles. The summed E-state index contributed by atoms with van der Waals surface area (Å²) in [6.07, 6.45) is 0.879. The van der Waals surface area contributed by atoms with Crippen molar-refractivity contribution in [2.45, 2.75) is 20.3 Å². The topological polar surface area (TPSA) is 47.6 Å². The number of nitrogens with zero attached hydrogens (tertiary/aromatic N) is 2. The number of amides is 1. The number of halogens is 1. The van der Waals surface area contributed by atoms with Crippen molar-refractivity contribution in [3.8, 4) is 0 Å². The van der Waals surface area contributed by atoms with Gasteiger partial charge in [-0.3, -0.25) is 9.69 Å². The Bertz CT molecular complexity index is 881. The molecule has 3 rings (SSSR count). The van der Waals surface area contributed by atoms with Gasteiger partial charge in [-0.25, -0.2) is 4.39 Å². The van der Waals surface area contributed by atoms with Gasteiger partial charge in [0.2, 0.25) is 5.91 Å². The predicted molar refractivity (Wildman–Crippen MR) is 120 cm³/mol. The molecule has 1 amide bonds. The van der Waals surface area contributed by atoms with Crippen LogP contribution < -0.4 is 10.6 Å². The summed E-state index contributed by atoms with van der Waals surface area (Å²) in [7, 11) is 0. The summed E-state index contributed by atoms with van der Waals surface area (Å²) in [4.78, 5) is 16.6. The first-order valence-electron chi connectivity index (χ1n) is 9.88. The SMILES string of the molecule is CCc1ccccc1NC(=O)CN1CCN(C(=S)Nc2ccc(C)c(F)c2)CC1. The van der Waals surface area contributed by atoms with Gasteiger partial charge in [-0.1, -0.05) is 31.2 Å². The first-order chi connectivity index (χ1) is 14.0. The first-order valence-corrected chi connectivity index (χ1v) is 10.3. The zero-order valence-electron chi connectivity index (χ0n) is 16.9. The van der Waals surface area contributed by atoms with Gasteiger partial charge < -0.3 is 15.5 Å². The van der Waals surface area contributed by atoms with Crippen LogP contribution in [0.3, 0.4) is 0 Å². The van der Waals surface area contributed by atoms with E-state index < -0.39 is 0 Å². The van der Waals surface area contributed by atoms with Crippen molar-refractivity contribution in [1.82, 2.24) is 9.80 Å². The summed E-state index contributed by atoms with van der Waals surface area (Å²) < 4.78 is 13.7. The Labute approximate surface area is 176 Å². The lowest BCUT2D eigenvalue weighted by Crippen LogP contribution is -2.51. The van der Waals surface area contributed by atoms with E-state index in [4.69, 9.17) is 12.2 Å². The molecule has 1 aliphatic rings. The molecule has 0 aromatic heterocycles. The number of nitrogens with one attached hydrogen (secondary N) is 2. The standard InChI is InChI=1S/C22H27FN4OS/c1-3-17-6-4-5-7-20(17)25-21(28)15-26-10-12-27(13-11-26)22(29)24-18-9-8-16(2)19(23)14-18/h4-9,14H,3,10-13,15H2,1-2H3,(H,24,29)(H,25,28). The summed E-state index contributed by atoms with van der Waals surface area (Å²) >= 11 is 5.47. The van der Waals surface area contributed by atoms with Crippen LogP contribution in [0.15, 0.2) is 42.5 Å². The van der Waals surface area contributed by atoms with E-state index in [0.717, 1.165) is 43.9 Å². The van der Waals surface area contributed by atoms with Crippen LogP contribution in [0.25, 0.3) is 0 Å². The van der Waals surface area contributed by atoms with Crippen LogP contribution in [0.1, 0.15) is 18.1 Å². The first kappa shape index (κ1) is 21.2. The van der Waals surface area contributed by atoms with Crippen molar-refractivity contribution in [2.24, 2.45) is 0 Å². The highest BCUT2D eigenvalue weighted by Gasteiger charge is 2.21. The Morgan fingerprint density at radius 3 is 2.52 bits per heavy atom. The largest absolute Gasteiger partial charge is 0.346 e. The van der Waals surface area contributed by atoms with Gasteiger partial charge in [-0.2, -0.15) is 0 Å². The van der Waals surface area contributed by atoms with Crippen molar-refractivity contribution in [3.05, 3.63) is 59.4 Å².